The van der Waals surface area contributed by atoms with Gasteiger partial charge in [0.1, 0.15) is 0 Å². The lowest BCUT2D eigenvalue weighted by molar-refractivity contribution is 0.197. The summed E-state index contributed by atoms with van der Waals surface area (Å²) >= 11 is 3.74. The average Bonchev–Trinajstić information content (AvgIpc) is 2.63. The molecule has 0 bridgehead atoms. The molecule has 0 spiro atoms. The first-order valence-electron chi connectivity index (χ1n) is 7.65. The van der Waals surface area contributed by atoms with E-state index in [-0.39, 0.29) is 5.41 Å². The Morgan fingerprint density at radius 1 is 1.30 bits per heavy atom. The molecule has 0 amide bonds. The number of hydrogen-bond acceptors (Lipinski definition) is 2. The summed E-state index contributed by atoms with van der Waals surface area (Å²) in [4.78, 5) is 0. The normalized spacial score (nSPS) is 15.1. The lowest BCUT2D eigenvalue weighted by Crippen LogP contribution is -2.41. The fourth-order valence-corrected chi connectivity index (χ4v) is 3.06. The van der Waals surface area contributed by atoms with E-state index in [0.717, 1.165) is 25.1 Å². The van der Waals surface area contributed by atoms with Crippen LogP contribution in [-0.4, -0.2) is 22.4 Å². The molecule has 0 aromatic carbocycles. The van der Waals surface area contributed by atoms with Crippen molar-refractivity contribution in [3.8, 4) is 0 Å². The van der Waals surface area contributed by atoms with Gasteiger partial charge in [-0.15, -0.1) is 0 Å². The Morgan fingerprint density at radius 3 is 2.30 bits per heavy atom. The minimum absolute atomic E-state index is 0.228. The molecule has 1 unspecified atom stereocenters. The molecule has 4 heteroatoms. The van der Waals surface area contributed by atoms with Gasteiger partial charge in [0.25, 0.3) is 0 Å². The van der Waals surface area contributed by atoms with Crippen LogP contribution in [0.1, 0.15) is 52.9 Å². The summed E-state index contributed by atoms with van der Waals surface area (Å²) in [7, 11) is 2.05. The molecule has 0 aliphatic rings. The van der Waals surface area contributed by atoms with Gasteiger partial charge in [-0.2, -0.15) is 5.10 Å². The molecule has 1 aromatic heterocycles. The molecule has 0 aliphatic heterocycles. The van der Waals surface area contributed by atoms with Crippen LogP contribution in [0.15, 0.2) is 4.47 Å². The van der Waals surface area contributed by atoms with E-state index in [0.29, 0.717) is 12.0 Å². The van der Waals surface area contributed by atoms with Gasteiger partial charge in [-0.05, 0) is 40.1 Å². The van der Waals surface area contributed by atoms with E-state index in [9.17, 15) is 0 Å². The van der Waals surface area contributed by atoms with Crippen molar-refractivity contribution in [1.82, 2.24) is 15.1 Å². The SMILES string of the molecule is CCc1nn(C)c(CC(C)(CNC(C)C)C(C)C)c1Br. The standard InChI is InChI=1S/C16H30BrN3/c1-8-13-15(17)14(20(7)19-13)9-16(6,11(2)3)10-18-12(4)5/h11-12,18H,8-10H2,1-7H3. The summed E-state index contributed by atoms with van der Waals surface area (Å²) in [5.41, 5.74) is 2.69. The lowest BCUT2D eigenvalue weighted by Gasteiger charge is -2.35. The van der Waals surface area contributed by atoms with Crippen LogP contribution in [0.3, 0.4) is 0 Å². The second-order valence-corrected chi connectivity index (χ2v) is 7.50. The molecular formula is C16H30BrN3. The highest BCUT2D eigenvalue weighted by molar-refractivity contribution is 9.10. The van der Waals surface area contributed by atoms with Gasteiger partial charge in [0, 0.05) is 19.6 Å². The van der Waals surface area contributed by atoms with Crippen LogP contribution in [0.25, 0.3) is 0 Å². The van der Waals surface area contributed by atoms with Gasteiger partial charge in [0.05, 0.1) is 15.9 Å². The van der Waals surface area contributed by atoms with Gasteiger partial charge < -0.3 is 5.32 Å². The number of nitrogens with zero attached hydrogens (tertiary/aromatic N) is 2. The molecule has 0 saturated heterocycles. The van der Waals surface area contributed by atoms with Crippen molar-refractivity contribution in [3.05, 3.63) is 15.9 Å². The molecule has 1 heterocycles. The molecule has 1 atom stereocenters. The van der Waals surface area contributed by atoms with Gasteiger partial charge >= 0.3 is 0 Å². The third kappa shape index (κ3) is 4.08. The fraction of sp³-hybridized carbons (Fsp3) is 0.812. The van der Waals surface area contributed by atoms with Crippen LogP contribution in [0.4, 0.5) is 0 Å². The molecular weight excluding hydrogens is 314 g/mol. The minimum atomic E-state index is 0.228. The Bertz CT molecular complexity index is 437. The van der Waals surface area contributed by atoms with Crippen LogP contribution in [0.2, 0.25) is 0 Å². The molecule has 20 heavy (non-hydrogen) atoms. The number of aromatic nitrogens is 2. The Hall–Kier alpha value is -0.350. The van der Waals surface area contributed by atoms with Gasteiger partial charge in [-0.3, -0.25) is 4.68 Å². The molecule has 1 aromatic rings. The van der Waals surface area contributed by atoms with E-state index in [1.54, 1.807) is 0 Å². The van der Waals surface area contributed by atoms with Gasteiger partial charge in [0.15, 0.2) is 0 Å². The highest BCUT2D eigenvalue weighted by atomic mass is 79.9. The van der Waals surface area contributed by atoms with Crippen molar-refractivity contribution in [3.63, 3.8) is 0 Å². The largest absolute Gasteiger partial charge is 0.314 e. The predicted molar refractivity (Wildman–Crippen MR) is 90.1 cm³/mol. The Balaban J connectivity index is 2.99. The van der Waals surface area contributed by atoms with Gasteiger partial charge in [-0.25, -0.2) is 0 Å². The van der Waals surface area contributed by atoms with Crippen molar-refractivity contribution in [2.45, 2.75) is 60.4 Å². The summed E-state index contributed by atoms with van der Waals surface area (Å²) in [5, 5.41) is 8.22. The lowest BCUT2D eigenvalue weighted by atomic mass is 9.75. The molecule has 1 rings (SSSR count). The summed E-state index contributed by atoms with van der Waals surface area (Å²) < 4.78 is 3.23. The van der Waals surface area contributed by atoms with Crippen molar-refractivity contribution >= 4 is 15.9 Å². The third-order valence-electron chi connectivity index (χ3n) is 4.38. The maximum absolute atomic E-state index is 4.62. The smallest absolute Gasteiger partial charge is 0.0766 e. The van der Waals surface area contributed by atoms with Gasteiger partial charge in [0.2, 0.25) is 0 Å². The number of rotatable bonds is 7. The van der Waals surface area contributed by atoms with Crippen LogP contribution < -0.4 is 5.32 Å². The number of nitrogens with one attached hydrogen (secondary N) is 1. The maximum atomic E-state index is 4.62. The predicted octanol–water partition coefficient (Wildman–Crippen LogP) is 3.95. The molecule has 0 fully saturated rings. The van der Waals surface area contributed by atoms with Gasteiger partial charge in [-0.1, -0.05) is 41.5 Å². The first-order chi connectivity index (χ1) is 9.21. The van der Waals surface area contributed by atoms with E-state index in [2.05, 4.69) is 74.9 Å². The van der Waals surface area contributed by atoms with E-state index in [1.165, 1.54) is 10.2 Å². The van der Waals surface area contributed by atoms with E-state index >= 15 is 0 Å². The Kier molecular flexibility index (Phi) is 6.26. The highest BCUT2D eigenvalue weighted by Crippen LogP contribution is 2.34. The Morgan fingerprint density at radius 2 is 1.90 bits per heavy atom. The van der Waals surface area contributed by atoms with Crippen molar-refractivity contribution < 1.29 is 0 Å². The fourth-order valence-electron chi connectivity index (χ4n) is 2.30. The average molecular weight is 344 g/mol. The highest BCUT2D eigenvalue weighted by Gasteiger charge is 2.31. The second kappa shape index (κ2) is 7.08. The zero-order valence-electron chi connectivity index (χ0n) is 14.0. The number of halogens is 1. The van der Waals surface area contributed by atoms with E-state index in [1.807, 2.05) is 4.68 Å². The molecule has 116 valence electrons. The molecule has 0 aliphatic carbocycles. The van der Waals surface area contributed by atoms with E-state index in [4.69, 9.17) is 0 Å². The molecule has 3 nitrogen and oxygen atoms in total. The van der Waals surface area contributed by atoms with Crippen molar-refractivity contribution in [2.75, 3.05) is 6.54 Å². The molecule has 0 radical (unpaired) electrons. The van der Waals surface area contributed by atoms with Crippen LogP contribution in [0, 0.1) is 11.3 Å². The third-order valence-corrected chi connectivity index (χ3v) is 5.30. The topological polar surface area (TPSA) is 29.9 Å². The van der Waals surface area contributed by atoms with Crippen molar-refractivity contribution in [2.24, 2.45) is 18.4 Å². The zero-order chi connectivity index (χ0) is 15.5. The summed E-state index contributed by atoms with van der Waals surface area (Å²) in [6, 6.07) is 0.522. The Labute approximate surface area is 132 Å². The second-order valence-electron chi connectivity index (χ2n) is 6.71. The van der Waals surface area contributed by atoms with Crippen LogP contribution >= 0.6 is 15.9 Å². The molecule has 0 saturated carbocycles. The zero-order valence-corrected chi connectivity index (χ0v) is 15.6. The minimum Gasteiger partial charge on any atom is -0.314 e. The summed E-state index contributed by atoms with van der Waals surface area (Å²) in [5.74, 6) is 0.612. The number of aryl methyl sites for hydroxylation is 2. The summed E-state index contributed by atoms with van der Waals surface area (Å²) in [6.45, 7) is 14.6. The number of hydrogen-bond donors (Lipinski definition) is 1. The van der Waals surface area contributed by atoms with Crippen LogP contribution in [0.5, 0.6) is 0 Å². The first-order valence-corrected chi connectivity index (χ1v) is 8.44. The monoisotopic (exact) mass is 343 g/mol. The molecule has 1 N–H and O–H groups in total. The van der Waals surface area contributed by atoms with E-state index < -0.39 is 0 Å². The van der Waals surface area contributed by atoms with Crippen LogP contribution in [-0.2, 0) is 19.9 Å². The quantitative estimate of drug-likeness (QED) is 0.812. The summed E-state index contributed by atoms with van der Waals surface area (Å²) in [6.07, 6.45) is 2.01. The first kappa shape index (κ1) is 17.7. The maximum Gasteiger partial charge on any atom is 0.0766 e. The van der Waals surface area contributed by atoms with Crippen molar-refractivity contribution in [1.29, 1.82) is 0 Å².